The van der Waals surface area contributed by atoms with E-state index in [1.807, 2.05) is 36.4 Å². The van der Waals surface area contributed by atoms with Gasteiger partial charge >= 0.3 is 0 Å². The molecule has 0 aromatic heterocycles. The number of aliphatic hydroxyl groups is 1. The number of benzene rings is 1. The van der Waals surface area contributed by atoms with Gasteiger partial charge in [-0.2, -0.15) is 0 Å². The lowest BCUT2D eigenvalue weighted by Gasteiger charge is -2.11. The van der Waals surface area contributed by atoms with Crippen LogP contribution >= 0.6 is 0 Å². The molecule has 18 heavy (non-hydrogen) atoms. The highest BCUT2D eigenvalue weighted by molar-refractivity contribution is 5.30. The Labute approximate surface area is 108 Å². The van der Waals surface area contributed by atoms with E-state index in [4.69, 9.17) is 15.2 Å². The number of hydrogen-bond acceptors (Lipinski definition) is 4. The minimum absolute atomic E-state index is 0.464. The molecule has 1 unspecified atom stereocenters. The van der Waals surface area contributed by atoms with Crippen LogP contribution < -0.4 is 10.5 Å². The van der Waals surface area contributed by atoms with Gasteiger partial charge in [0.1, 0.15) is 12.4 Å². The molecule has 3 N–H and O–H groups in total. The number of nitrogens with two attached hydrogens (primary N) is 1. The van der Waals surface area contributed by atoms with Gasteiger partial charge in [-0.25, -0.2) is 0 Å². The first-order valence-corrected chi connectivity index (χ1v) is 6.02. The zero-order valence-corrected chi connectivity index (χ0v) is 10.7. The van der Waals surface area contributed by atoms with E-state index >= 15 is 0 Å². The van der Waals surface area contributed by atoms with Crippen LogP contribution in [0, 0.1) is 0 Å². The fourth-order valence-electron chi connectivity index (χ4n) is 1.51. The van der Waals surface area contributed by atoms with Crippen LogP contribution in [0.15, 0.2) is 36.4 Å². The van der Waals surface area contributed by atoms with Crippen molar-refractivity contribution >= 4 is 0 Å². The van der Waals surface area contributed by atoms with E-state index in [9.17, 15) is 5.11 Å². The van der Waals surface area contributed by atoms with Crippen molar-refractivity contribution in [2.24, 2.45) is 5.73 Å². The standard InChI is InChI=1S/C14H21NO3/c1-17-9-2-3-10-18-13-6-4-5-12(11-13)14(16)7-8-15/h2-6,11,14,16H,7-10,15H2,1H3/b3-2+. The minimum Gasteiger partial charge on any atom is -0.490 e. The molecule has 0 spiro atoms. The Morgan fingerprint density at radius 3 is 2.83 bits per heavy atom. The zero-order valence-electron chi connectivity index (χ0n) is 10.7. The quantitative estimate of drug-likeness (QED) is 0.690. The highest BCUT2D eigenvalue weighted by Gasteiger charge is 2.06. The van der Waals surface area contributed by atoms with Gasteiger partial charge in [0.15, 0.2) is 0 Å². The maximum absolute atomic E-state index is 9.82. The number of aliphatic hydroxyl groups excluding tert-OH is 1. The normalized spacial score (nSPS) is 12.8. The average Bonchev–Trinajstić information content (AvgIpc) is 2.39. The van der Waals surface area contributed by atoms with Crippen molar-refractivity contribution in [3.05, 3.63) is 42.0 Å². The number of ether oxygens (including phenoxy) is 2. The molecule has 0 radical (unpaired) electrons. The average molecular weight is 251 g/mol. The third kappa shape index (κ3) is 5.31. The second-order valence-corrected chi connectivity index (χ2v) is 3.90. The Kier molecular flexibility index (Phi) is 7.10. The summed E-state index contributed by atoms with van der Waals surface area (Å²) in [6.07, 6.45) is 3.82. The Balaban J connectivity index is 2.49. The molecule has 1 atom stereocenters. The van der Waals surface area contributed by atoms with Crippen molar-refractivity contribution in [2.75, 3.05) is 26.9 Å². The van der Waals surface area contributed by atoms with Crippen molar-refractivity contribution in [3.63, 3.8) is 0 Å². The summed E-state index contributed by atoms with van der Waals surface area (Å²) in [6, 6.07) is 7.44. The van der Waals surface area contributed by atoms with E-state index < -0.39 is 6.10 Å². The summed E-state index contributed by atoms with van der Waals surface area (Å²) >= 11 is 0. The third-order valence-electron chi connectivity index (χ3n) is 2.46. The Bertz CT molecular complexity index is 366. The van der Waals surface area contributed by atoms with E-state index in [1.54, 1.807) is 7.11 Å². The molecule has 0 aliphatic carbocycles. The lowest BCUT2D eigenvalue weighted by Crippen LogP contribution is -2.06. The second kappa shape index (κ2) is 8.69. The lowest BCUT2D eigenvalue weighted by atomic mass is 10.1. The summed E-state index contributed by atoms with van der Waals surface area (Å²) in [6.45, 7) is 1.53. The van der Waals surface area contributed by atoms with Crippen LogP contribution in [0.1, 0.15) is 18.1 Å². The van der Waals surface area contributed by atoms with Crippen LogP contribution in [0.25, 0.3) is 0 Å². The first-order valence-electron chi connectivity index (χ1n) is 6.02. The molecule has 0 heterocycles. The molecule has 0 bridgehead atoms. The van der Waals surface area contributed by atoms with Crippen molar-refractivity contribution in [3.8, 4) is 5.75 Å². The van der Waals surface area contributed by atoms with Crippen LogP contribution in [-0.2, 0) is 4.74 Å². The van der Waals surface area contributed by atoms with E-state index in [2.05, 4.69) is 0 Å². The molecular formula is C14H21NO3. The number of hydrogen-bond donors (Lipinski definition) is 2. The van der Waals surface area contributed by atoms with Crippen LogP contribution in [-0.4, -0.2) is 32.0 Å². The van der Waals surface area contributed by atoms with Gasteiger partial charge in [-0.1, -0.05) is 18.2 Å². The second-order valence-electron chi connectivity index (χ2n) is 3.90. The van der Waals surface area contributed by atoms with Gasteiger partial charge in [-0.3, -0.25) is 0 Å². The molecule has 4 heteroatoms. The van der Waals surface area contributed by atoms with Crippen LogP contribution in [0.3, 0.4) is 0 Å². The van der Waals surface area contributed by atoms with Gasteiger partial charge in [0.05, 0.1) is 12.7 Å². The molecule has 1 aromatic rings. The van der Waals surface area contributed by atoms with Crippen molar-refractivity contribution in [1.29, 1.82) is 0 Å². The van der Waals surface area contributed by atoms with E-state index in [0.29, 0.717) is 26.2 Å². The molecule has 4 nitrogen and oxygen atoms in total. The summed E-state index contributed by atoms with van der Waals surface area (Å²) in [7, 11) is 1.65. The van der Waals surface area contributed by atoms with Gasteiger partial charge < -0.3 is 20.3 Å². The Morgan fingerprint density at radius 2 is 2.11 bits per heavy atom. The highest BCUT2D eigenvalue weighted by atomic mass is 16.5. The van der Waals surface area contributed by atoms with Gasteiger partial charge in [-0.15, -0.1) is 0 Å². The van der Waals surface area contributed by atoms with Crippen LogP contribution in [0.4, 0.5) is 0 Å². The predicted molar refractivity (Wildman–Crippen MR) is 71.6 cm³/mol. The molecule has 0 saturated heterocycles. The fraction of sp³-hybridized carbons (Fsp3) is 0.429. The molecule has 0 fully saturated rings. The topological polar surface area (TPSA) is 64.7 Å². The van der Waals surface area contributed by atoms with E-state index in [1.165, 1.54) is 0 Å². The van der Waals surface area contributed by atoms with Crippen molar-refractivity contribution < 1.29 is 14.6 Å². The van der Waals surface area contributed by atoms with Crippen molar-refractivity contribution in [2.45, 2.75) is 12.5 Å². The Hall–Kier alpha value is -1.36. The van der Waals surface area contributed by atoms with Gasteiger partial charge in [0.2, 0.25) is 0 Å². The molecule has 1 rings (SSSR count). The maximum Gasteiger partial charge on any atom is 0.120 e. The van der Waals surface area contributed by atoms with Crippen molar-refractivity contribution in [1.82, 2.24) is 0 Å². The molecule has 0 saturated carbocycles. The molecule has 100 valence electrons. The van der Waals surface area contributed by atoms with E-state index in [-0.39, 0.29) is 0 Å². The molecule has 0 aliphatic heterocycles. The minimum atomic E-state index is -0.525. The van der Waals surface area contributed by atoms with Gasteiger partial charge in [0.25, 0.3) is 0 Å². The molecule has 0 amide bonds. The van der Waals surface area contributed by atoms with Crippen LogP contribution in [0.2, 0.25) is 0 Å². The smallest absolute Gasteiger partial charge is 0.120 e. The maximum atomic E-state index is 9.82. The predicted octanol–water partition coefficient (Wildman–Crippen LogP) is 1.65. The zero-order chi connectivity index (χ0) is 13.2. The summed E-state index contributed by atoms with van der Waals surface area (Å²) in [5, 5.41) is 9.82. The number of rotatable bonds is 8. The third-order valence-corrected chi connectivity index (χ3v) is 2.46. The fourth-order valence-corrected chi connectivity index (χ4v) is 1.51. The van der Waals surface area contributed by atoms with E-state index in [0.717, 1.165) is 11.3 Å². The Morgan fingerprint density at radius 1 is 1.33 bits per heavy atom. The first kappa shape index (κ1) is 14.7. The highest BCUT2D eigenvalue weighted by Crippen LogP contribution is 2.21. The molecule has 1 aromatic carbocycles. The lowest BCUT2D eigenvalue weighted by molar-refractivity contribution is 0.170. The largest absolute Gasteiger partial charge is 0.490 e. The summed E-state index contributed by atoms with van der Waals surface area (Å²) in [5.74, 6) is 0.741. The number of methoxy groups -OCH3 is 1. The summed E-state index contributed by atoms with van der Waals surface area (Å²) < 4.78 is 10.4. The molecule has 0 aliphatic rings. The molecular weight excluding hydrogens is 230 g/mol. The van der Waals surface area contributed by atoms with Gasteiger partial charge in [0, 0.05) is 7.11 Å². The SMILES string of the molecule is COC/C=C/COc1cccc(C(O)CCN)c1. The monoisotopic (exact) mass is 251 g/mol. The summed E-state index contributed by atoms with van der Waals surface area (Å²) in [4.78, 5) is 0. The van der Waals surface area contributed by atoms with Crippen LogP contribution in [0.5, 0.6) is 5.75 Å². The summed E-state index contributed by atoms with van der Waals surface area (Å²) in [5.41, 5.74) is 6.25. The first-order chi connectivity index (χ1) is 8.77. The van der Waals surface area contributed by atoms with Gasteiger partial charge in [-0.05, 0) is 36.7 Å².